The third kappa shape index (κ3) is 7.47. The van der Waals surface area contributed by atoms with E-state index < -0.39 is 0 Å². The molecular formula is C33H41N3O2. The molecule has 0 fully saturated rings. The van der Waals surface area contributed by atoms with Crippen LogP contribution in [0.15, 0.2) is 72.8 Å². The van der Waals surface area contributed by atoms with Crippen LogP contribution in [0.4, 0.5) is 0 Å². The van der Waals surface area contributed by atoms with Gasteiger partial charge < -0.3 is 14.6 Å². The van der Waals surface area contributed by atoms with Crippen LogP contribution in [-0.4, -0.2) is 28.6 Å². The van der Waals surface area contributed by atoms with Crippen LogP contribution >= 0.6 is 0 Å². The van der Waals surface area contributed by atoms with Gasteiger partial charge in [0.15, 0.2) is 0 Å². The minimum atomic E-state index is 0.0918. The van der Waals surface area contributed by atoms with Crippen LogP contribution in [0.3, 0.4) is 0 Å². The number of benzene rings is 3. The number of aryl methyl sites for hydroxylation is 2. The van der Waals surface area contributed by atoms with Gasteiger partial charge in [0, 0.05) is 13.0 Å². The second-order valence-electron chi connectivity index (χ2n) is 11.1. The second-order valence-corrected chi connectivity index (χ2v) is 11.1. The molecule has 0 radical (unpaired) electrons. The summed E-state index contributed by atoms with van der Waals surface area (Å²) in [6.45, 7) is 10.8. The summed E-state index contributed by atoms with van der Waals surface area (Å²) in [6, 6.07) is 24.8. The van der Waals surface area contributed by atoms with Gasteiger partial charge in [-0.15, -0.1) is 0 Å². The number of rotatable bonds is 12. The van der Waals surface area contributed by atoms with Gasteiger partial charge in [0.05, 0.1) is 24.0 Å². The molecule has 200 valence electrons. The first-order chi connectivity index (χ1) is 18.3. The van der Waals surface area contributed by atoms with E-state index in [2.05, 4.69) is 73.1 Å². The maximum absolute atomic E-state index is 12.3. The predicted octanol–water partition coefficient (Wildman–Crippen LogP) is 6.79. The zero-order valence-corrected chi connectivity index (χ0v) is 23.3. The average molecular weight is 512 g/mol. The summed E-state index contributed by atoms with van der Waals surface area (Å²) in [6.07, 6.45) is 4.40. The molecule has 0 bridgehead atoms. The summed E-state index contributed by atoms with van der Waals surface area (Å²) in [5.41, 5.74) is 5.87. The lowest BCUT2D eigenvalue weighted by Crippen LogP contribution is -2.26. The first kappa shape index (κ1) is 27.4. The topological polar surface area (TPSA) is 56.2 Å². The van der Waals surface area contributed by atoms with Gasteiger partial charge >= 0.3 is 0 Å². The number of hydrogen-bond acceptors (Lipinski definition) is 3. The molecule has 0 saturated carbocycles. The Kier molecular flexibility index (Phi) is 9.22. The van der Waals surface area contributed by atoms with Gasteiger partial charge in [0.1, 0.15) is 18.2 Å². The number of ether oxygens (including phenoxy) is 1. The number of nitrogens with one attached hydrogen (secondary N) is 1. The van der Waals surface area contributed by atoms with Crippen LogP contribution in [0, 0.1) is 6.92 Å². The molecular weight excluding hydrogens is 470 g/mol. The number of carbonyl (C=O) groups excluding carboxylic acids is 1. The largest absolute Gasteiger partial charge is 0.492 e. The van der Waals surface area contributed by atoms with Crippen molar-refractivity contribution in [3.05, 3.63) is 95.3 Å². The Morgan fingerprint density at radius 1 is 0.921 bits per heavy atom. The first-order valence-corrected chi connectivity index (χ1v) is 13.8. The highest BCUT2D eigenvalue weighted by Crippen LogP contribution is 2.24. The molecule has 4 rings (SSSR count). The number of nitrogens with zero attached hydrogens (tertiary/aromatic N) is 2. The Hall–Kier alpha value is -3.60. The Balaban J connectivity index is 1.25. The zero-order chi connectivity index (χ0) is 27.0. The molecule has 1 aromatic heterocycles. The lowest BCUT2D eigenvalue weighted by Gasteiger charge is -2.19. The fourth-order valence-corrected chi connectivity index (χ4v) is 4.73. The van der Waals surface area contributed by atoms with Gasteiger partial charge in [0.25, 0.3) is 0 Å². The van der Waals surface area contributed by atoms with Crippen LogP contribution in [0.5, 0.6) is 5.75 Å². The van der Waals surface area contributed by atoms with Crippen molar-refractivity contribution in [1.82, 2.24) is 14.9 Å². The number of hydrogen-bond donors (Lipinski definition) is 1. The van der Waals surface area contributed by atoms with Crippen molar-refractivity contribution in [2.24, 2.45) is 0 Å². The average Bonchev–Trinajstić information content (AvgIpc) is 3.24. The van der Waals surface area contributed by atoms with E-state index in [0.29, 0.717) is 19.6 Å². The third-order valence-corrected chi connectivity index (χ3v) is 7.05. The number of imidazole rings is 1. The molecule has 0 unspecified atom stereocenters. The number of unbranched alkanes of at least 4 members (excludes halogenated alkanes) is 2. The van der Waals surface area contributed by atoms with Gasteiger partial charge in [-0.05, 0) is 66.1 Å². The quantitative estimate of drug-likeness (QED) is 0.213. The predicted molar refractivity (Wildman–Crippen MR) is 156 cm³/mol. The fourth-order valence-electron chi connectivity index (χ4n) is 4.73. The van der Waals surface area contributed by atoms with Crippen LogP contribution in [0.25, 0.3) is 11.0 Å². The summed E-state index contributed by atoms with van der Waals surface area (Å²) >= 11 is 0. The maximum atomic E-state index is 12.3. The second kappa shape index (κ2) is 12.8. The highest BCUT2D eigenvalue weighted by molar-refractivity contribution is 5.78. The molecule has 5 heteroatoms. The number of fused-ring (bicyclic) bond motifs is 1. The minimum Gasteiger partial charge on any atom is -0.492 e. The van der Waals surface area contributed by atoms with E-state index in [-0.39, 0.29) is 11.3 Å². The standard InChI is InChI=1S/C33H41N3O2/c1-25-12-7-8-13-26(25)24-32(37)34-21-11-5-6-16-31-35-29-14-9-10-15-30(29)36(31)22-23-38-28-19-17-27(18-20-28)33(2,3)4/h7-10,12-15,17-20H,5-6,11,16,21-24H2,1-4H3,(H,34,37). The zero-order valence-electron chi connectivity index (χ0n) is 23.3. The van der Waals surface area contributed by atoms with Gasteiger partial charge in [-0.1, -0.05) is 75.7 Å². The van der Waals surface area contributed by atoms with Gasteiger partial charge in [-0.3, -0.25) is 4.79 Å². The van der Waals surface area contributed by atoms with E-state index >= 15 is 0 Å². The Bertz CT molecular complexity index is 1330. The summed E-state index contributed by atoms with van der Waals surface area (Å²) in [4.78, 5) is 17.2. The van der Waals surface area contributed by atoms with E-state index in [1.54, 1.807) is 0 Å². The van der Waals surface area contributed by atoms with Crippen molar-refractivity contribution in [3.63, 3.8) is 0 Å². The van der Waals surface area contributed by atoms with Crippen LogP contribution in [0.1, 0.15) is 62.5 Å². The maximum Gasteiger partial charge on any atom is 0.224 e. The molecule has 3 aromatic carbocycles. The number of carbonyl (C=O) groups is 1. The summed E-state index contributed by atoms with van der Waals surface area (Å²) < 4.78 is 8.39. The molecule has 0 atom stereocenters. The first-order valence-electron chi connectivity index (χ1n) is 13.8. The van der Waals surface area contributed by atoms with E-state index in [9.17, 15) is 4.79 Å². The fraction of sp³-hybridized carbons (Fsp3) is 0.394. The molecule has 0 aliphatic rings. The molecule has 1 heterocycles. The van der Waals surface area contributed by atoms with Crippen molar-refractivity contribution in [2.45, 2.75) is 71.8 Å². The highest BCUT2D eigenvalue weighted by Gasteiger charge is 2.14. The summed E-state index contributed by atoms with van der Waals surface area (Å²) in [5.74, 6) is 2.09. The van der Waals surface area contributed by atoms with Crippen LogP contribution in [-0.2, 0) is 29.6 Å². The lowest BCUT2D eigenvalue weighted by molar-refractivity contribution is -0.120. The van der Waals surface area contributed by atoms with Gasteiger partial charge in [-0.25, -0.2) is 4.98 Å². The van der Waals surface area contributed by atoms with Crippen molar-refractivity contribution in [2.75, 3.05) is 13.2 Å². The molecule has 5 nitrogen and oxygen atoms in total. The highest BCUT2D eigenvalue weighted by atomic mass is 16.5. The lowest BCUT2D eigenvalue weighted by atomic mass is 9.87. The Labute approximate surface area is 227 Å². The molecule has 0 aliphatic heterocycles. The van der Waals surface area contributed by atoms with Gasteiger partial charge in [-0.2, -0.15) is 0 Å². The molecule has 1 N–H and O–H groups in total. The summed E-state index contributed by atoms with van der Waals surface area (Å²) in [7, 11) is 0. The van der Waals surface area contributed by atoms with Crippen LogP contribution < -0.4 is 10.1 Å². The SMILES string of the molecule is Cc1ccccc1CC(=O)NCCCCCc1nc2ccccc2n1CCOc1ccc(C(C)(C)C)cc1. The normalized spacial score (nSPS) is 11.6. The van der Waals surface area contributed by atoms with Crippen molar-refractivity contribution in [3.8, 4) is 5.75 Å². The Morgan fingerprint density at radius 2 is 1.66 bits per heavy atom. The van der Waals surface area contributed by atoms with Crippen molar-refractivity contribution in [1.29, 1.82) is 0 Å². The summed E-state index contributed by atoms with van der Waals surface area (Å²) in [5, 5.41) is 3.07. The molecule has 1 amide bonds. The van der Waals surface area contributed by atoms with Crippen LogP contribution in [0.2, 0.25) is 0 Å². The number of aromatic nitrogens is 2. The van der Waals surface area contributed by atoms with E-state index in [0.717, 1.165) is 66.0 Å². The number of amides is 1. The smallest absolute Gasteiger partial charge is 0.224 e. The van der Waals surface area contributed by atoms with Crippen molar-refractivity contribution < 1.29 is 9.53 Å². The Morgan fingerprint density at radius 3 is 2.42 bits per heavy atom. The molecule has 38 heavy (non-hydrogen) atoms. The molecule has 0 saturated heterocycles. The van der Waals surface area contributed by atoms with E-state index in [1.807, 2.05) is 37.3 Å². The van der Waals surface area contributed by atoms with Gasteiger partial charge in [0.2, 0.25) is 5.91 Å². The minimum absolute atomic E-state index is 0.0918. The van der Waals surface area contributed by atoms with Crippen molar-refractivity contribution >= 4 is 16.9 Å². The van der Waals surface area contributed by atoms with E-state index in [1.165, 1.54) is 5.56 Å². The number of para-hydroxylation sites is 2. The monoisotopic (exact) mass is 511 g/mol. The molecule has 0 aliphatic carbocycles. The van der Waals surface area contributed by atoms with E-state index in [4.69, 9.17) is 9.72 Å². The molecule has 0 spiro atoms. The third-order valence-electron chi connectivity index (χ3n) is 7.05. The molecule has 4 aromatic rings.